The molecule has 3 aliphatic carbocycles. The summed E-state index contributed by atoms with van der Waals surface area (Å²) in [6, 6.07) is 7.66. The van der Waals surface area contributed by atoms with E-state index in [1.807, 2.05) is 37.2 Å². The smallest absolute Gasteiger partial charge is 0.255 e. The van der Waals surface area contributed by atoms with Crippen LogP contribution in [0, 0.1) is 16.7 Å². The number of nitrogens with zero attached hydrogens (tertiary/aromatic N) is 3. The lowest BCUT2D eigenvalue weighted by molar-refractivity contribution is -0.144. The van der Waals surface area contributed by atoms with Gasteiger partial charge in [-0.1, -0.05) is 12.1 Å². The fourth-order valence-electron chi connectivity index (χ4n) is 7.05. The standard InChI is InChI=1S/C31H34N4O8/c1-34(2)13-16-10-14(6-9-21(16)43-5)17-7-8-20(36)23-18(17)11-15-12-19-25(35(3)4)27(38)24(30(32)40)29(39)31(19,41)28(33-42)22(15)26(23)37/h6-10,15,19,25,36,38,41H,11-13H2,1-5H3,(H2,32,40)/t15-,19-,25-,31-/m0/s1. The van der Waals surface area contributed by atoms with E-state index in [0.717, 1.165) is 11.1 Å². The molecule has 0 aromatic heterocycles. The molecule has 0 radical (unpaired) electrons. The molecule has 226 valence electrons. The van der Waals surface area contributed by atoms with Gasteiger partial charge in [-0.15, -0.1) is 4.91 Å². The van der Waals surface area contributed by atoms with Crippen LogP contribution < -0.4 is 10.5 Å². The number of ketones is 2. The van der Waals surface area contributed by atoms with E-state index < -0.39 is 58.0 Å². The Kier molecular flexibility index (Phi) is 7.49. The van der Waals surface area contributed by atoms with Crippen LogP contribution in [0.5, 0.6) is 11.5 Å². The van der Waals surface area contributed by atoms with Gasteiger partial charge in [0.25, 0.3) is 5.91 Å². The van der Waals surface area contributed by atoms with Gasteiger partial charge in [-0.05, 0) is 87.0 Å². The summed E-state index contributed by atoms with van der Waals surface area (Å²) in [6.07, 6.45) is 0.159. The van der Waals surface area contributed by atoms with Crippen LogP contribution in [-0.4, -0.2) is 89.5 Å². The molecule has 0 bridgehead atoms. The van der Waals surface area contributed by atoms with E-state index >= 15 is 0 Å². The van der Waals surface area contributed by atoms with Gasteiger partial charge in [0.05, 0.1) is 18.7 Å². The average molecular weight is 591 g/mol. The van der Waals surface area contributed by atoms with Crippen LogP contribution in [0.25, 0.3) is 11.1 Å². The van der Waals surface area contributed by atoms with Crippen molar-refractivity contribution in [2.24, 2.45) is 22.7 Å². The Balaban J connectivity index is 1.72. The molecule has 0 fully saturated rings. The number of rotatable bonds is 7. The molecule has 3 aliphatic rings. The number of nitrogens with two attached hydrogens (primary N) is 1. The zero-order valence-electron chi connectivity index (χ0n) is 24.5. The van der Waals surface area contributed by atoms with Crippen molar-refractivity contribution < 1.29 is 34.4 Å². The van der Waals surface area contributed by atoms with Crippen molar-refractivity contribution in [1.82, 2.24) is 9.80 Å². The lowest BCUT2D eigenvalue weighted by Gasteiger charge is -2.50. The predicted octanol–water partition coefficient (Wildman–Crippen LogP) is 2.07. The number of allylic oxidation sites excluding steroid dienone is 1. The highest BCUT2D eigenvalue weighted by Crippen LogP contribution is 2.54. The number of aliphatic hydroxyl groups excluding tert-OH is 1. The Morgan fingerprint density at radius 2 is 1.84 bits per heavy atom. The third-order valence-electron chi connectivity index (χ3n) is 8.78. The molecule has 2 aromatic carbocycles. The maximum absolute atomic E-state index is 14.1. The Labute approximate surface area is 248 Å². The molecule has 12 heteroatoms. The molecular formula is C31H34N4O8. The molecule has 43 heavy (non-hydrogen) atoms. The molecule has 0 heterocycles. The van der Waals surface area contributed by atoms with E-state index in [0.29, 0.717) is 23.4 Å². The number of amides is 1. The third kappa shape index (κ3) is 4.44. The minimum absolute atomic E-state index is 0.00961. The van der Waals surface area contributed by atoms with E-state index in [2.05, 4.69) is 5.18 Å². The topological polar surface area (TPSA) is 183 Å². The molecule has 0 unspecified atom stereocenters. The van der Waals surface area contributed by atoms with Gasteiger partial charge < -0.3 is 30.7 Å². The van der Waals surface area contributed by atoms with Crippen molar-refractivity contribution in [3.05, 3.63) is 74.5 Å². The number of phenols is 1. The number of fused-ring (bicyclic) bond motifs is 3. The normalized spacial score (nSPS) is 25.1. The lowest BCUT2D eigenvalue weighted by Crippen LogP contribution is -2.63. The molecule has 4 atom stereocenters. The van der Waals surface area contributed by atoms with Crippen molar-refractivity contribution in [3.63, 3.8) is 0 Å². The Bertz CT molecular complexity index is 1640. The van der Waals surface area contributed by atoms with Gasteiger partial charge in [0.15, 0.2) is 11.4 Å². The molecule has 1 amide bonds. The number of carbonyl (C=O) groups excluding carboxylic acids is 3. The molecule has 0 saturated heterocycles. The first-order valence-corrected chi connectivity index (χ1v) is 13.7. The van der Waals surface area contributed by atoms with Crippen molar-refractivity contribution in [1.29, 1.82) is 0 Å². The molecule has 2 aromatic rings. The summed E-state index contributed by atoms with van der Waals surface area (Å²) in [5.41, 5.74) is 3.79. The number of methoxy groups -OCH3 is 1. The van der Waals surface area contributed by atoms with Crippen LogP contribution in [0.15, 0.2) is 58.1 Å². The van der Waals surface area contributed by atoms with Gasteiger partial charge in [-0.3, -0.25) is 19.3 Å². The highest BCUT2D eigenvalue weighted by Gasteiger charge is 2.63. The Morgan fingerprint density at radius 1 is 1.14 bits per heavy atom. The molecule has 12 nitrogen and oxygen atoms in total. The van der Waals surface area contributed by atoms with Crippen LogP contribution in [0.2, 0.25) is 0 Å². The number of hydrogen-bond acceptors (Lipinski definition) is 11. The van der Waals surface area contributed by atoms with E-state index in [-0.39, 0.29) is 29.7 Å². The van der Waals surface area contributed by atoms with Gasteiger partial charge >= 0.3 is 0 Å². The van der Waals surface area contributed by atoms with Gasteiger partial charge in [0, 0.05) is 23.6 Å². The van der Waals surface area contributed by atoms with Crippen molar-refractivity contribution in [3.8, 4) is 22.6 Å². The maximum Gasteiger partial charge on any atom is 0.255 e. The zero-order chi connectivity index (χ0) is 31.5. The molecule has 5 rings (SSSR count). The summed E-state index contributed by atoms with van der Waals surface area (Å²) in [5.74, 6) is -5.40. The quantitative estimate of drug-likeness (QED) is 0.275. The van der Waals surface area contributed by atoms with Gasteiger partial charge in [-0.2, -0.15) is 0 Å². The fourth-order valence-corrected chi connectivity index (χ4v) is 7.05. The number of ether oxygens (including phenoxy) is 1. The average Bonchev–Trinajstić information content (AvgIpc) is 2.92. The second-order valence-electron chi connectivity index (χ2n) is 11.8. The number of carbonyl (C=O) groups is 3. The van der Waals surface area contributed by atoms with Crippen LogP contribution in [0.3, 0.4) is 0 Å². The Hall–Kier alpha value is -4.39. The zero-order valence-corrected chi connectivity index (χ0v) is 24.5. The lowest BCUT2D eigenvalue weighted by atomic mass is 9.58. The predicted molar refractivity (Wildman–Crippen MR) is 156 cm³/mol. The summed E-state index contributed by atoms with van der Waals surface area (Å²) in [5, 5.41) is 36.8. The van der Waals surface area contributed by atoms with E-state index in [1.165, 1.54) is 11.0 Å². The van der Waals surface area contributed by atoms with E-state index in [4.69, 9.17) is 10.5 Å². The molecule has 5 N–H and O–H groups in total. The minimum atomic E-state index is -2.70. The van der Waals surface area contributed by atoms with Crippen LogP contribution in [-0.2, 0) is 22.6 Å². The van der Waals surface area contributed by atoms with Crippen molar-refractivity contribution in [2.45, 2.75) is 31.0 Å². The van der Waals surface area contributed by atoms with Crippen LogP contribution >= 0.6 is 0 Å². The molecule has 0 spiro atoms. The fraction of sp³-hybridized carbons (Fsp3) is 0.387. The summed E-state index contributed by atoms with van der Waals surface area (Å²) < 4.78 is 5.53. The molecular weight excluding hydrogens is 556 g/mol. The number of aliphatic hydroxyl groups is 2. The van der Waals surface area contributed by atoms with E-state index in [1.54, 1.807) is 27.3 Å². The summed E-state index contributed by atoms with van der Waals surface area (Å²) in [7, 11) is 8.61. The van der Waals surface area contributed by atoms with Crippen LogP contribution in [0.1, 0.15) is 27.9 Å². The van der Waals surface area contributed by atoms with E-state index in [9.17, 15) is 34.6 Å². The number of aromatic hydroxyl groups is 1. The van der Waals surface area contributed by atoms with Crippen molar-refractivity contribution in [2.75, 3.05) is 35.3 Å². The number of nitroso groups, excluding NO2 is 1. The summed E-state index contributed by atoms with van der Waals surface area (Å²) in [4.78, 5) is 55.8. The van der Waals surface area contributed by atoms with Gasteiger partial charge in [0.2, 0.25) is 5.78 Å². The number of primary amides is 1. The first-order chi connectivity index (χ1) is 20.3. The number of benzene rings is 2. The second-order valence-corrected chi connectivity index (χ2v) is 11.8. The summed E-state index contributed by atoms with van der Waals surface area (Å²) >= 11 is 0. The van der Waals surface area contributed by atoms with Crippen molar-refractivity contribution >= 4 is 17.5 Å². The molecule has 0 aliphatic heterocycles. The van der Waals surface area contributed by atoms with Crippen LogP contribution in [0.4, 0.5) is 0 Å². The number of likely N-dealkylation sites (N-methyl/N-ethyl adjacent to an activating group) is 1. The highest BCUT2D eigenvalue weighted by molar-refractivity contribution is 6.25. The third-order valence-corrected chi connectivity index (χ3v) is 8.78. The summed E-state index contributed by atoms with van der Waals surface area (Å²) in [6.45, 7) is 0.588. The SMILES string of the molecule is COc1ccc(-c2ccc(O)c3c2C[C@H]2C[C@H]4[C@H](N(C)C)C(O)=C(C(N)=O)C(=O)[C@@]4(O)C(N=O)=C2C3=O)cc1CN(C)C. The largest absolute Gasteiger partial charge is 0.510 e. The molecule has 0 saturated carbocycles. The van der Waals surface area contributed by atoms with Gasteiger partial charge in [-0.25, -0.2) is 0 Å². The minimum Gasteiger partial charge on any atom is -0.510 e. The number of hydrogen-bond donors (Lipinski definition) is 4. The number of Topliss-reactive ketones (excluding diaryl/α,β-unsaturated/α-hetero) is 2. The highest BCUT2D eigenvalue weighted by atomic mass is 16.5. The first-order valence-electron chi connectivity index (χ1n) is 13.7. The first kappa shape index (κ1) is 30.1. The monoisotopic (exact) mass is 590 g/mol. The Morgan fingerprint density at radius 3 is 2.42 bits per heavy atom. The number of phenolic OH excluding ortho intramolecular Hbond substituents is 1. The maximum atomic E-state index is 14.1. The second kappa shape index (κ2) is 10.7. The van der Waals surface area contributed by atoms with Gasteiger partial charge in [0.1, 0.15) is 28.5 Å².